The van der Waals surface area contributed by atoms with Gasteiger partial charge in [0.2, 0.25) is 0 Å². The normalized spacial score (nSPS) is 28.7. The molecule has 2 aliphatic carbocycles. The van der Waals surface area contributed by atoms with E-state index in [0.29, 0.717) is 29.3 Å². The molecule has 29 heavy (non-hydrogen) atoms. The number of carbonyl (C=O) groups is 1. The van der Waals surface area contributed by atoms with Crippen molar-refractivity contribution >= 4 is 17.2 Å². The van der Waals surface area contributed by atoms with E-state index in [1.807, 2.05) is 13.1 Å². The molecule has 0 radical (unpaired) electrons. The highest BCUT2D eigenvalue weighted by Crippen LogP contribution is 2.53. The molecule has 3 atom stereocenters. The first-order valence-corrected chi connectivity index (χ1v) is 11.2. The van der Waals surface area contributed by atoms with Crippen LogP contribution in [0.5, 0.6) is 5.75 Å². The van der Waals surface area contributed by atoms with E-state index in [4.69, 9.17) is 4.74 Å². The second-order valence-corrected chi connectivity index (χ2v) is 9.39. The molecule has 3 fully saturated rings. The molecule has 0 bridgehead atoms. The Morgan fingerprint density at radius 3 is 2.31 bits per heavy atom. The summed E-state index contributed by atoms with van der Waals surface area (Å²) in [6.07, 6.45) is 9.30. The summed E-state index contributed by atoms with van der Waals surface area (Å²) in [5.41, 5.74) is 3.22. The summed E-state index contributed by atoms with van der Waals surface area (Å²) in [7, 11) is 1.65. The van der Waals surface area contributed by atoms with Gasteiger partial charge in [-0.1, -0.05) is 19.8 Å². The summed E-state index contributed by atoms with van der Waals surface area (Å²) in [6, 6.07) is 2.05. The van der Waals surface area contributed by atoms with Crippen LogP contribution >= 0.6 is 0 Å². The molecule has 0 amide bonds. The summed E-state index contributed by atoms with van der Waals surface area (Å²) in [6.45, 7) is 5.44. The fourth-order valence-corrected chi connectivity index (χ4v) is 5.83. The molecule has 2 aliphatic heterocycles. The number of Topliss-reactive ketones (excluding diaryl/α,β-unsaturated/α-hetero) is 1. The first-order valence-electron chi connectivity index (χ1n) is 11.2. The summed E-state index contributed by atoms with van der Waals surface area (Å²) in [5, 5.41) is 0. The molecule has 1 saturated heterocycles. The molecule has 1 aromatic carbocycles. The third kappa shape index (κ3) is 3.04. The van der Waals surface area contributed by atoms with Crippen molar-refractivity contribution in [2.45, 2.75) is 64.3 Å². The van der Waals surface area contributed by atoms with Gasteiger partial charge < -0.3 is 14.5 Å². The van der Waals surface area contributed by atoms with Gasteiger partial charge in [-0.05, 0) is 56.1 Å². The van der Waals surface area contributed by atoms with Crippen LogP contribution in [0, 0.1) is 17.7 Å². The van der Waals surface area contributed by atoms with Crippen LogP contribution in [0.3, 0.4) is 0 Å². The summed E-state index contributed by atoms with van der Waals surface area (Å²) >= 11 is 0. The minimum atomic E-state index is -0.216. The van der Waals surface area contributed by atoms with Crippen LogP contribution in [0.25, 0.3) is 0 Å². The average molecular weight is 399 g/mol. The molecule has 5 heteroatoms. The Balaban J connectivity index is 1.62. The predicted octanol–water partition coefficient (Wildman–Crippen LogP) is 5.02. The minimum absolute atomic E-state index is 0.0564. The molecule has 156 valence electrons. The van der Waals surface area contributed by atoms with Gasteiger partial charge in [-0.15, -0.1) is 0 Å². The number of hydrogen-bond acceptors (Lipinski definition) is 4. The van der Waals surface area contributed by atoms with E-state index in [-0.39, 0.29) is 17.5 Å². The number of ketones is 1. The van der Waals surface area contributed by atoms with Gasteiger partial charge in [0.05, 0.1) is 12.8 Å². The Morgan fingerprint density at radius 1 is 1.10 bits per heavy atom. The highest BCUT2D eigenvalue weighted by molar-refractivity contribution is 5.97. The van der Waals surface area contributed by atoms with E-state index in [0.717, 1.165) is 42.8 Å². The van der Waals surface area contributed by atoms with Crippen LogP contribution in [0.1, 0.15) is 63.9 Å². The fourth-order valence-electron chi connectivity index (χ4n) is 5.83. The number of halogens is 1. The molecular weight excluding hydrogens is 367 g/mol. The van der Waals surface area contributed by atoms with Crippen LogP contribution in [-0.2, 0) is 4.79 Å². The monoisotopic (exact) mass is 398 g/mol. The predicted molar refractivity (Wildman–Crippen MR) is 113 cm³/mol. The van der Waals surface area contributed by atoms with Gasteiger partial charge >= 0.3 is 0 Å². The van der Waals surface area contributed by atoms with Crippen molar-refractivity contribution in [1.29, 1.82) is 0 Å². The molecule has 1 aromatic rings. The number of methoxy groups -OCH3 is 1. The Bertz CT molecular complexity index is 862. The second-order valence-electron chi connectivity index (χ2n) is 9.39. The van der Waals surface area contributed by atoms with Gasteiger partial charge in [-0.2, -0.15) is 0 Å². The van der Waals surface area contributed by atoms with Gasteiger partial charge in [-0.25, -0.2) is 4.39 Å². The number of benzene rings is 1. The zero-order valence-electron chi connectivity index (χ0n) is 17.7. The SMILES string of the molecule is COc1c(N2C[C@H]3CCCC[C@H]3C2)c(F)cc2c1N(C1CC1)C=C(C(C)=O)C2C. The highest BCUT2D eigenvalue weighted by Gasteiger charge is 2.41. The average Bonchev–Trinajstić information content (AvgIpc) is 3.45. The Labute approximate surface area is 172 Å². The van der Waals surface area contributed by atoms with Crippen LogP contribution in [-0.4, -0.2) is 32.0 Å². The summed E-state index contributed by atoms with van der Waals surface area (Å²) in [4.78, 5) is 16.7. The largest absolute Gasteiger partial charge is 0.492 e. The van der Waals surface area contributed by atoms with E-state index < -0.39 is 0 Å². The molecule has 4 aliphatic rings. The summed E-state index contributed by atoms with van der Waals surface area (Å²) in [5.74, 6) is 1.71. The third-order valence-electron chi connectivity index (χ3n) is 7.52. The van der Waals surface area contributed by atoms with Gasteiger partial charge in [0.1, 0.15) is 5.69 Å². The maximum absolute atomic E-state index is 15.6. The molecule has 4 nitrogen and oxygen atoms in total. The maximum Gasteiger partial charge on any atom is 0.169 e. The lowest BCUT2D eigenvalue weighted by Gasteiger charge is -2.36. The van der Waals surface area contributed by atoms with E-state index in [2.05, 4.69) is 9.80 Å². The van der Waals surface area contributed by atoms with Crippen LogP contribution in [0.15, 0.2) is 17.8 Å². The van der Waals surface area contributed by atoms with E-state index in [9.17, 15) is 4.79 Å². The molecule has 0 N–H and O–H groups in total. The quantitative estimate of drug-likeness (QED) is 0.713. The standard InChI is InChI=1S/C24H31FN2O2/c1-14-19-10-21(25)23(26-11-16-6-4-5-7-17(16)12-26)24(29-3)22(19)27(18-8-9-18)13-20(14)15(2)28/h10,13-14,16-18H,4-9,11-12H2,1-3H3/t14?,16-,17+. The minimum Gasteiger partial charge on any atom is -0.492 e. The lowest BCUT2D eigenvalue weighted by Crippen LogP contribution is -2.30. The maximum atomic E-state index is 15.6. The van der Waals surface area contributed by atoms with Crippen LogP contribution in [0.4, 0.5) is 15.8 Å². The van der Waals surface area contributed by atoms with Gasteiger partial charge in [0, 0.05) is 36.8 Å². The van der Waals surface area contributed by atoms with Gasteiger partial charge in [-0.3, -0.25) is 4.79 Å². The van der Waals surface area contributed by atoms with Crippen LogP contribution in [0.2, 0.25) is 0 Å². The lowest BCUT2D eigenvalue weighted by molar-refractivity contribution is -0.113. The second kappa shape index (κ2) is 7.03. The molecule has 5 rings (SSSR count). The number of fused-ring (bicyclic) bond motifs is 2. The van der Waals surface area contributed by atoms with Crippen molar-refractivity contribution in [3.63, 3.8) is 0 Å². The molecular formula is C24H31FN2O2. The third-order valence-corrected chi connectivity index (χ3v) is 7.52. The van der Waals surface area contributed by atoms with E-state index in [1.165, 1.54) is 25.7 Å². The first kappa shape index (κ1) is 19.0. The van der Waals surface area contributed by atoms with Crippen LogP contribution < -0.4 is 14.5 Å². The lowest BCUT2D eigenvalue weighted by atomic mass is 9.82. The van der Waals surface area contributed by atoms with Crippen molar-refractivity contribution < 1.29 is 13.9 Å². The molecule has 1 unspecified atom stereocenters. The van der Waals surface area contributed by atoms with Gasteiger partial charge in [0.15, 0.2) is 17.3 Å². The molecule has 0 spiro atoms. The van der Waals surface area contributed by atoms with Crippen molar-refractivity contribution in [3.05, 3.63) is 29.2 Å². The molecule has 2 heterocycles. The highest BCUT2D eigenvalue weighted by atomic mass is 19.1. The van der Waals surface area contributed by atoms with Crippen molar-refractivity contribution in [1.82, 2.24) is 0 Å². The van der Waals surface area contributed by atoms with E-state index >= 15 is 4.39 Å². The topological polar surface area (TPSA) is 32.8 Å². The van der Waals surface area contributed by atoms with Crippen molar-refractivity contribution in [2.75, 3.05) is 30.0 Å². The zero-order chi connectivity index (χ0) is 20.3. The number of allylic oxidation sites excluding steroid dienone is 1. The van der Waals surface area contributed by atoms with Gasteiger partial charge in [0.25, 0.3) is 0 Å². The smallest absolute Gasteiger partial charge is 0.169 e. The Kier molecular flexibility index (Phi) is 4.60. The summed E-state index contributed by atoms with van der Waals surface area (Å²) < 4.78 is 21.5. The van der Waals surface area contributed by atoms with Crippen molar-refractivity contribution in [2.24, 2.45) is 11.8 Å². The first-order chi connectivity index (χ1) is 14.0. The van der Waals surface area contributed by atoms with E-state index in [1.54, 1.807) is 20.1 Å². The Hall–Kier alpha value is -2.04. The number of ether oxygens (including phenoxy) is 1. The number of anilines is 2. The Morgan fingerprint density at radius 2 is 1.76 bits per heavy atom. The number of hydrogen-bond donors (Lipinski definition) is 0. The fraction of sp³-hybridized carbons (Fsp3) is 0.625. The molecule has 2 saturated carbocycles. The molecule has 0 aromatic heterocycles. The van der Waals surface area contributed by atoms with Crippen molar-refractivity contribution in [3.8, 4) is 5.75 Å². The zero-order valence-corrected chi connectivity index (χ0v) is 17.7. The number of nitrogens with zero attached hydrogens (tertiary/aromatic N) is 2. The number of rotatable bonds is 4. The number of carbonyl (C=O) groups excluding carboxylic acids is 1.